The van der Waals surface area contributed by atoms with Crippen molar-refractivity contribution in [3.8, 4) is 0 Å². The lowest BCUT2D eigenvalue weighted by molar-refractivity contribution is 0.0925. The van der Waals surface area contributed by atoms with E-state index < -0.39 is 0 Å². The topological polar surface area (TPSA) is 38.2 Å². The van der Waals surface area contributed by atoms with E-state index in [-0.39, 0.29) is 0 Å². The minimum Gasteiger partial charge on any atom is -0.377 e. The molecule has 0 saturated carbocycles. The largest absolute Gasteiger partial charge is 0.377 e. The lowest BCUT2D eigenvalue weighted by Crippen LogP contribution is -2.45. The highest BCUT2D eigenvalue weighted by Gasteiger charge is 2.23. The van der Waals surface area contributed by atoms with E-state index in [4.69, 9.17) is 16.3 Å². The van der Waals surface area contributed by atoms with E-state index in [1.165, 1.54) is 0 Å². The first-order valence-corrected chi connectivity index (χ1v) is 5.94. The van der Waals surface area contributed by atoms with Crippen LogP contribution in [0.15, 0.2) is 6.07 Å². The summed E-state index contributed by atoms with van der Waals surface area (Å²) >= 11 is 5.88. The Hall–Kier alpha value is -0.870. The quantitative estimate of drug-likeness (QED) is 0.743. The van der Waals surface area contributed by atoms with Crippen LogP contribution in [0.5, 0.6) is 0 Å². The number of anilines is 1. The van der Waals surface area contributed by atoms with Crippen LogP contribution in [0.3, 0.4) is 0 Å². The summed E-state index contributed by atoms with van der Waals surface area (Å²) < 4.78 is 5.47. The molecule has 1 fully saturated rings. The van der Waals surface area contributed by atoms with Gasteiger partial charge >= 0.3 is 0 Å². The molecule has 1 aliphatic rings. The molecule has 2 heterocycles. The van der Waals surface area contributed by atoms with Crippen molar-refractivity contribution in [2.75, 3.05) is 24.7 Å². The second kappa shape index (κ2) is 4.97. The zero-order valence-electron chi connectivity index (χ0n) is 9.61. The van der Waals surface area contributed by atoms with Gasteiger partial charge in [-0.05, 0) is 24.9 Å². The molecule has 1 atom stereocenters. The minimum absolute atomic E-state index is 0.316. The van der Waals surface area contributed by atoms with Crippen LogP contribution in [-0.2, 0) is 4.74 Å². The Balaban J connectivity index is 2.26. The van der Waals surface area contributed by atoms with Gasteiger partial charge in [0.05, 0.1) is 19.3 Å². The molecule has 16 heavy (non-hydrogen) atoms. The standard InChI is InChI=1S/C11H16ClN3O/c1-3-9-7-16-5-4-15(9)10-6-8(2)13-11(12)14-10/h6,9H,3-5,7H2,1-2H3. The van der Waals surface area contributed by atoms with E-state index in [1.54, 1.807) is 0 Å². The first kappa shape index (κ1) is 11.6. The molecule has 0 radical (unpaired) electrons. The maximum absolute atomic E-state index is 5.88. The van der Waals surface area contributed by atoms with Crippen LogP contribution in [0.2, 0.25) is 5.28 Å². The molecule has 1 aromatic heterocycles. The van der Waals surface area contributed by atoms with Gasteiger partial charge in [0.25, 0.3) is 0 Å². The Morgan fingerprint density at radius 1 is 1.56 bits per heavy atom. The first-order chi connectivity index (χ1) is 7.70. The summed E-state index contributed by atoms with van der Waals surface area (Å²) in [5.74, 6) is 0.910. The predicted molar refractivity (Wildman–Crippen MR) is 64.0 cm³/mol. The average molecular weight is 242 g/mol. The van der Waals surface area contributed by atoms with Crippen molar-refractivity contribution in [1.29, 1.82) is 0 Å². The van der Waals surface area contributed by atoms with Gasteiger partial charge in [-0.15, -0.1) is 0 Å². The summed E-state index contributed by atoms with van der Waals surface area (Å²) in [7, 11) is 0. The molecule has 1 aliphatic heterocycles. The lowest BCUT2D eigenvalue weighted by Gasteiger charge is -2.36. The van der Waals surface area contributed by atoms with Gasteiger partial charge in [0.2, 0.25) is 5.28 Å². The van der Waals surface area contributed by atoms with Crippen LogP contribution in [0.25, 0.3) is 0 Å². The first-order valence-electron chi connectivity index (χ1n) is 5.56. The van der Waals surface area contributed by atoms with E-state index in [0.29, 0.717) is 11.3 Å². The maximum atomic E-state index is 5.88. The zero-order chi connectivity index (χ0) is 11.5. The molecule has 1 saturated heterocycles. The maximum Gasteiger partial charge on any atom is 0.224 e. The van der Waals surface area contributed by atoms with Crippen LogP contribution >= 0.6 is 11.6 Å². The third-order valence-corrected chi connectivity index (χ3v) is 2.98. The number of hydrogen-bond donors (Lipinski definition) is 0. The second-order valence-electron chi connectivity index (χ2n) is 3.97. The Bertz CT molecular complexity index is 352. The number of morpholine rings is 1. The molecule has 0 spiro atoms. The van der Waals surface area contributed by atoms with E-state index >= 15 is 0 Å². The van der Waals surface area contributed by atoms with Gasteiger partial charge in [0.1, 0.15) is 5.82 Å². The van der Waals surface area contributed by atoms with Crippen molar-refractivity contribution in [2.24, 2.45) is 0 Å². The Morgan fingerprint density at radius 2 is 2.38 bits per heavy atom. The Morgan fingerprint density at radius 3 is 3.06 bits per heavy atom. The summed E-state index contributed by atoms with van der Waals surface area (Å²) in [5.41, 5.74) is 0.899. The van der Waals surface area contributed by atoms with Crippen LogP contribution in [-0.4, -0.2) is 35.8 Å². The van der Waals surface area contributed by atoms with Gasteiger partial charge in [0.15, 0.2) is 0 Å². The molecule has 0 aliphatic carbocycles. The molecule has 0 N–H and O–H groups in total. The summed E-state index contributed by atoms with van der Waals surface area (Å²) in [6.45, 7) is 6.46. The van der Waals surface area contributed by atoms with Gasteiger partial charge in [-0.2, -0.15) is 0 Å². The second-order valence-corrected chi connectivity index (χ2v) is 4.30. The highest BCUT2D eigenvalue weighted by Crippen LogP contribution is 2.21. The minimum atomic E-state index is 0.316. The molecule has 0 aromatic carbocycles. The smallest absolute Gasteiger partial charge is 0.224 e. The van der Waals surface area contributed by atoms with Crippen LogP contribution in [0, 0.1) is 6.92 Å². The fourth-order valence-electron chi connectivity index (χ4n) is 1.96. The SMILES string of the molecule is CCC1COCCN1c1cc(C)nc(Cl)n1. The number of nitrogens with zero attached hydrogens (tertiary/aromatic N) is 3. The fraction of sp³-hybridized carbons (Fsp3) is 0.636. The third-order valence-electron chi connectivity index (χ3n) is 2.81. The molecule has 5 heteroatoms. The highest BCUT2D eigenvalue weighted by molar-refractivity contribution is 6.28. The normalized spacial score (nSPS) is 21.2. The highest BCUT2D eigenvalue weighted by atomic mass is 35.5. The van der Waals surface area contributed by atoms with Crippen molar-refractivity contribution in [3.05, 3.63) is 17.0 Å². The number of rotatable bonds is 2. The molecular weight excluding hydrogens is 226 g/mol. The van der Waals surface area contributed by atoms with Crippen molar-refractivity contribution in [2.45, 2.75) is 26.3 Å². The average Bonchev–Trinajstić information content (AvgIpc) is 2.27. The number of aromatic nitrogens is 2. The van der Waals surface area contributed by atoms with Gasteiger partial charge < -0.3 is 9.64 Å². The van der Waals surface area contributed by atoms with Crippen molar-refractivity contribution >= 4 is 17.4 Å². The van der Waals surface area contributed by atoms with Crippen LogP contribution in [0.4, 0.5) is 5.82 Å². The molecule has 0 amide bonds. The lowest BCUT2D eigenvalue weighted by atomic mass is 10.2. The van der Waals surface area contributed by atoms with Gasteiger partial charge in [0, 0.05) is 18.3 Å². The third kappa shape index (κ3) is 2.44. The number of halogens is 1. The number of aryl methyl sites for hydroxylation is 1. The summed E-state index contributed by atoms with van der Waals surface area (Å²) in [5, 5.41) is 0.316. The summed E-state index contributed by atoms with van der Waals surface area (Å²) in [4.78, 5) is 10.6. The van der Waals surface area contributed by atoms with E-state index in [2.05, 4.69) is 21.8 Å². The Kier molecular flexibility index (Phi) is 3.61. The van der Waals surface area contributed by atoms with Gasteiger partial charge in [-0.1, -0.05) is 6.92 Å². The molecular formula is C11H16ClN3O. The molecule has 1 unspecified atom stereocenters. The molecule has 4 nitrogen and oxygen atoms in total. The summed E-state index contributed by atoms with van der Waals surface area (Å²) in [6, 6.07) is 2.36. The van der Waals surface area contributed by atoms with Crippen LogP contribution in [0.1, 0.15) is 19.0 Å². The number of ether oxygens (including phenoxy) is 1. The molecule has 88 valence electrons. The monoisotopic (exact) mass is 241 g/mol. The molecule has 0 bridgehead atoms. The molecule has 1 aromatic rings. The predicted octanol–water partition coefficient (Wildman–Crippen LogP) is 2.05. The van der Waals surface area contributed by atoms with E-state index in [9.17, 15) is 0 Å². The molecule has 2 rings (SSSR count). The van der Waals surface area contributed by atoms with Gasteiger partial charge in [-0.3, -0.25) is 0 Å². The van der Waals surface area contributed by atoms with E-state index in [1.807, 2.05) is 13.0 Å². The van der Waals surface area contributed by atoms with Crippen LogP contribution < -0.4 is 4.90 Å². The zero-order valence-corrected chi connectivity index (χ0v) is 10.4. The summed E-state index contributed by atoms with van der Waals surface area (Å²) in [6.07, 6.45) is 1.04. The van der Waals surface area contributed by atoms with Crippen molar-refractivity contribution in [3.63, 3.8) is 0 Å². The van der Waals surface area contributed by atoms with Crippen molar-refractivity contribution < 1.29 is 4.74 Å². The van der Waals surface area contributed by atoms with E-state index in [0.717, 1.165) is 37.7 Å². The van der Waals surface area contributed by atoms with Gasteiger partial charge in [-0.25, -0.2) is 9.97 Å². The fourth-order valence-corrected chi connectivity index (χ4v) is 2.18. The Labute approximate surface area is 101 Å². The van der Waals surface area contributed by atoms with Crippen molar-refractivity contribution in [1.82, 2.24) is 9.97 Å². The number of hydrogen-bond acceptors (Lipinski definition) is 4.